The largest absolute Gasteiger partial charge is 0.481 e. The van der Waals surface area contributed by atoms with E-state index in [4.69, 9.17) is 32.9 Å². The molecule has 2 aromatic heterocycles. The lowest BCUT2D eigenvalue weighted by atomic mass is 9.99. The number of pyridine rings is 1. The van der Waals surface area contributed by atoms with Crippen molar-refractivity contribution in [2.75, 3.05) is 19.0 Å². The van der Waals surface area contributed by atoms with Crippen LogP contribution in [0.3, 0.4) is 0 Å². The highest BCUT2D eigenvalue weighted by molar-refractivity contribution is 6.39. The monoisotopic (exact) mass is 676 g/mol. The average molecular weight is 678 g/mol. The quantitative estimate of drug-likeness (QED) is 0.250. The van der Waals surface area contributed by atoms with Gasteiger partial charge >= 0.3 is 5.69 Å². The van der Waals surface area contributed by atoms with E-state index in [1.54, 1.807) is 25.3 Å². The van der Waals surface area contributed by atoms with Crippen molar-refractivity contribution in [3.05, 3.63) is 96.2 Å². The Morgan fingerprint density at radius 3 is 2.47 bits per heavy atom. The summed E-state index contributed by atoms with van der Waals surface area (Å²) in [6.45, 7) is 2.85. The van der Waals surface area contributed by atoms with Crippen molar-refractivity contribution in [3.63, 3.8) is 0 Å². The van der Waals surface area contributed by atoms with Crippen molar-refractivity contribution in [1.29, 1.82) is 0 Å². The van der Waals surface area contributed by atoms with Crippen LogP contribution in [0.25, 0.3) is 22.4 Å². The second-order valence-electron chi connectivity index (χ2n) is 12.0. The van der Waals surface area contributed by atoms with Crippen molar-refractivity contribution in [1.82, 2.24) is 24.8 Å². The Balaban J connectivity index is 1.31. The summed E-state index contributed by atoms with van der Waals surface area (Å²) in [6.07, 6.45) is 3.39. The van der Waals surface area contributed by atoms with Crippen LogP contribution in [0.5, 0.6) is 5.88 Å². The summed E-state index contributed by atoms with van der Waals surface area (Å²) in [5.74, 6) is 0.187. The molecule has 2 amide bonds. The first-order chi connectivity index (χ1) is 22.5. The number of anilines is 1. The SMILES string of the molecule is COc1nc(-c2cccc(-c3cccc(NC(=O)c4cn(C)c(=O)n(C)c4=O)c3Cl)c2Cl)cc2c1[C@@H](NC[C@@H]1CCC(=O)N1)[C@@H](C)C2. The standard InChI is InChI=1S/C34H34Cl2N6O5/c1-17-13-18-14-25(40-32(47-4)27(18)30(17)37-15-19-11-12-26(43)38-19)22-9-5-7-20(28(22)35)21-8-6-10-24(29(21)36)39-31(44)23-16-41(2)34(46)42(3)33(23)45/h5-10,14,16-17,19,30,37H,11-13,15H2,1-4H3,(H,38,43)(H,39,44)/t17-,19-,30-/m0/s1. The maximum atomic E-state index is 13.1. The van der Waals surface area contributed by atoms with Crippen LogP contribution in [0.2, 0.25) is 10.0 Å². The molecule has 0 radical (unpaired) electrons. The summed E-state index contributed by atoms with van der Waals surface area (Å²) in [5, 5.41) is 9.99. The van der Waals surface area contributed by atoms with Gasteiger partial charge in [0, 0.05) is 67.6 Å². The number of methoxy groups -OCH3 is 1. The predicted molar refractivity (Wildman–Crippen MR) is 181 cm³/mol. The van der Waals surface area contributed by atoms with Crippen molar-refractivity contribution < 1.29 is 14.3 Å². The number of carbonyl (C=O) groups excluding carboxylic acids is 2. The smallest absolute Gasteiger partial charge is 0.330 e. The number of carbonyl (C=O) groups is 2. The van der Waals surface area contributed by atoms with Crippen LogP contribution in [0.15, 0.2) is 58.3 Å². The molecule has 6 rings (SSSR count). The van der Waals surface area contributed by atoms with Gasteiger partial charge in [-0.15, -0.1) is 0 Å². The predicted octanol–water partition coefficient (Wildman–Crippen LogP) is 4.48. The lowest BCUT2D eigenvalue weighted by molar-refractivity contribution is -0.119. The number of nitrogens with zero attached hydrogens (tertiary/aromatic N) is 3. The van der Waals surface area contributed by atoms with E-state index in [1.807, 2.05) is 24.3 Å². The molecule has 1 fully saturated rings. The minimum atomic E-state index is -0.718. The first-order valence-electron chi connectivity index (χ1n) is 15.2. The fraction of sp³-hybridized carbons (Fsp3) is 0.324. The summed E-state index contributed by atoms with van der Waals surface area (Å²) in [4.78, 5) is 54.4. The van der Waals surface area contributed by atoms with Crippen LogP contribution in [0, 0.1) is 5.92 Å². The summed E-state index contributed by atoms with van der Waals surface area (Å²) in [5.41, 5.74) is 3.45. The van der Waals surface area contributed by atoms with Crippen LogP contribution in [0.4, 0.5) is 5.69 Å². The molecule has 2 aromatic carbocycles. The maximum absolute atomic E-state index is 13.1. The van der Waals surface area contributed by atoms with Crippen LogP contribution < -0.4 is 31.9 Å². The molecular weight excluding hydrogens is 643 g/mol. The van der Waals surface area contributed by atoms with Crippen LogP contribution in [-0.4, -0.2) is 45.6 Å². The summed E-state index contributed by atoms with van der Waals surface area (Å²) in [6, 6.07) is 12.9. The Kier molecular flexibility index (Phi) is 8.97. The molecule has 4 aromatic rings. The number of rotatable bonds is 8. The summed E-state index contributed by atoms with van der Waals surface area (Å²) < 4.78 is 7.84. The topological polar surface area (TPSA) is 136 Å². The van der Waals surface area contributed by atoms with Gasteiger partial charge in [0.05, 0.1) is 28.5 Å². The molecule has 47 heavy (non-hydrogen) atoms. The third kappa shape index (κ3) is 6.06. The van der Waals surface area contributed by atoms with Gasteiger partial charge in [0.1, 0.15) is 5.56 Å². The molecule has 1 aliphatic carbocycles. The van der Waals surface area contributed by atoms with E-state index in [-0.39, 0.29) is 40.2 Å². The van der Waals surface area contributed by atoms with Gasteiger partial charge in [-0.05, 0) is 36.5 Å². The maximum Gasteiger partial charge on any atom is 0.330 e. The van der Waals surface area contributed by atoms with Gasteiger partial charge < -0.3 is 25.3 Å². The third-order valence-corrected chi connectivity index (χ3v) is 9.71. The van der Waals surface area contributed by atoms with Gasteiger partial charge in [0.2, 0.25) is 11.8 Å². The number of amides is 2. The molecule has 2 aliphatic rings. The zero-order valence-corrected chi connectivity index (χ0v) is 27.8. The minimum Gasteiger partial charge on any atom is -0.481 e. The molecule has 0 bridgehead atoms. The second-order valence-corrected chi connectivity index (χ2v) is 12.8. The zero-order chi connectivity index (χ0) is 33.6. The zero-order valence-electron chi connectivity index (χ0n) is 26.3. The highest BCUT2D eigenvalue weighted by atomic mass is 35.5. The Hall–Kier alpha value is -4.45. The normalized spacial score (nSPS) is 18.6. The van der Waals surface area contributed by atoms with E-state index in [1.165, 1.54) is 20.3 Å². The number of halogens is 2. The lowest BCUT2D eigenvalue weighted by Crippen LogP contribution is -2.40. The van der Waals surface area contributed by atoms with Gasteiger partial charge in [0.25, 0.3) is 11.5 Å². The summed E-state index contributed by atoms with van der Waals surface area (Å²) in [7, 11) is 4.37. The molecule has 244 valence electrons. The lowest BCUT2D eigenvalue weighted by Gasteiger charge is -2.22. The Labute approximate surface area is 280 Å². The molecule has 0 spiro atoms. The summed E-state index contributed by atoms with van der Waals surface area (Å²) >= 11 is 13.9. The highest BCUT2D eigenvalue weighted by Crippen LogP contribution is 2.45. The number of aryl methyl sites for hydroxylation is 1. The number of hydrogen-bond acceptors (Lipinski definition) is 7. The second kappa shape index (κ2) is 13.0. The molecule has 0 saturated carbocycles. The van der Waals surface area contributed by atoms with Crippen LogP contribution >= 0.6 is 23.2 Å². The van der Waals surface area contributed by atoms with Crippen LogP contribution in [-0.2, 0) is 25.3 Å². The van der Waals surface area contributed by atoms with Gasteiger partial charge in [-0.3, -0.25) is 19.0 Å². The van der Waals surface area contributed by atoms with Crippen molar-refractivity contribution in [2.45, 2.75) is 38.3 Å². The first-order valence-corrected chi connectivity index (χ1v) is 16.0. The van der Waals surface area contributed by atoms with E-state index in [0.29, 0.717) is 46.3 Å². The Morgan fingerprint density at radius 2 is 1.77 bits per heavy atom. The number of nitrogens with one attached hydrogen (secondary N) is 3. The molecule has 1 aliphatic heterocycles. The fourth-order valence-electron chi connectivity index (χ4n) is 6.46. The van der Waals surface area contributed by atoms with Gasteiger partial charge in [-0.1, -0.05) is 60.5 Å². The van der Waals surface area contributed by atoms with Crippen molar-refractivity contribution >= 4 is 40.7 Å². The number of fused-ring (bicyclic) bond motifs is 1. The molecule has 13 heteroatoms. The van der Waals surface area contributed by atoms with Gasteiger partial charge in [-0.2, -0.15) is 0 Å². The number of hydrogen-bond donors (Lipinski definition) is 3. The van der Waals surface area contributed by atoms with Gasteiger partial charge in [-0.25, -0.2) is 9.78 Å². The molecule has 0 unspecified atom stereocenters. The highest BCUT2D eigenvalue weighted by Gasteiger charge is 2.35. The third-order valence-electron chi connectivity index (χ3n) is 8.90. The number of ether oxygens (including phenoxy) is 1. The molecule has 3 atom stereocenters. The van der Waals surface area contributed by atoms with Gasteiger partial charge in [0.15, 0.2) is 0 Å². The Morgan fingerprint density at radius 1 is 1.06 bits per heavy atom. The molecule has 11 nitrogen and oxygen atoms in total. The minimum absolute atomic E-state index is 0.0264. The number of benzene rings is 2. The fourth-order valence-corrected chi connectivity index (χ4v) is 7.06. The van der Waals surface area contributed by atoms with E-state index in [9.17, 15) is 19.2 Å². The van der Waals surface area contributed by atoms with Crippen LogP contribution in [0.1, 0.15) is 47.3 Å². The van der Waals surface area contributed by atoms with E-state index < -0.39 is 17.2 Å². The first kappa shape index (κ1) is 32.5. The molecular formula is C34H34Cl2N6O5. The van der Waals surface area contributed by atoms with Crippen molar-refractivity contribution in [3.8, 4) is 28.3 Å². The Bertz CT molecular complexity index is 2040. The number of aromatic nitrogens is 3. The average Bonchev–Trinajstić information content (AvgIpc) is 3.62. The molecule has 1 saturated heterocycles. The molecule has 3 heterocycles. The van der Waals surface area contributed by atoms with E-state index in [2.05, 4.69) is 22.9 Å². The van der Waals surface area contributed by atoms with Crippen molar-refractivity contribution in [2.24, 2.45) is 20.0 Å². The van der Waals surface area contributed by atoms with E-state index >= 15 is 0 Å². The van der Waals surface area contributed by atoms with E-state index in [0.717, 1.165) is 33.1 Å². The molecule has 3 N–H and O–H groups in total.